The molecule has 0 unspecified atom stereocenters. The molecular formula is C18H27NO5. The molecule has 0 N–H and O–H groups in total. The lowest BCUT2D eigenvalue weighted by Gasteiger charge is -2.23. The summed E-state index contributed by atoms with van der Waals surface area (Å²) < 4.78 is 16.8. The van der Waals surface area contributed by atoms with Crippen LogP contribution in [0, 0.1) is 5.92 Å². The highest BCUT2D eigenvalue weighted by Crippen LogP contribution is 2.39. The van der Waals surface area contributed by atoms with Gasteiger partial charge in [-0.05, 0) is 30.9 Å². The number of hydrogen-bond donors (Lipinski definition) is 0. The van der Waals surface area contributed by atoms with E-state index in [-0.39, 0.29) is 5.91 Å². The molecule has 1 amide bonds. The van der Waals surface area contributed by atoms with Crippen molar-refractivity contribution in [3.63, 3.8) is 0 Å². The van der Waals surface area contributed by atoms with E-state index in [0.717, 1.165) is 5.06 Å². The zero-order valence-electron chi connectivity index (χ0n) is 15.0. The van der Waals surface area contributed by atoms with Gasteiger partial charge in [-0.25, -0.2) is 5.06 Å². The third kappa shape index (κ3) is 4.32. The molecule has 0 heterocycles. The number of carbonyl (C=O) groups excluding carboxylic acids is 1. The van der Waals surface area contributed by atoms with Gasteiger partial charge >= 0.3 is 0 Å². The number of hydroxylamine groups is 2. The SMILES string of the molecule is COc1cc(C(=O)N(C)OC)cc(OCC2CCCCC2)c1OC. The van der Waals surface area contributed by atoms with Gasteiger partial charge in [0.2, 0.25) is 5.75 Å². The third-order valence-corrected chi connectivity index (χ3v) is 4.45. The summed E-state index contributed by atoms with van der Waals surface area (Å²) >= 11 is 0. The van der Waals surface area contributed by atoms with Crippen molar-refractivity contribution in [2.45, 2.75) is 32.1 Å². The number of methoxy groups -OCH3 is 2. The fraction of sp³-hybridized carbons (Fsp3) is 0.611. The van der Waals surface area contributed by atoms with Crippen molar-refractivity contribution in [3.8, 4) is 17.2 Å². The maximum absolute atomic E-state index is 12.4. The summed E-state index contributed by atoms with van der Waals surface area (Å²) in [5.74, 6) is 1.77. The predicted molar refractivity (Wildman–Crippen MR) is 90.7 cm³/mol. The van der Waals surface area contributed by atoms with Gasteiger partial charge < -0.3 is 14.2 Å². The molecule has 0 aromatic heterocycles. The van der Waals surface area contributed by atoms with Crippen molar-refractivity contribution in [3.05, 3.63) is 17.7 Å². The maximum Gasteiger partial charge on any atom is 0.277 e. The van der Waals surface area contributed by atoms with Crippen LogP contribution in [-0.2, 0) is 4.84 Å². The van der Waals surface area contributed by atoms with Gasteiger partial charge in [-0.1, -0.05) is 19.3 Å². The smallest absolute Gasteiger partial charge is 0.277 e. The van der Waals surface area contributed by atoms with E-state index in [1.165, 1.54) is 46.3 Å². The fourth-order valence-electron chi connectivity index (χ4n) is 2.99. The van der Waals surface area contributed by atoms with Gasteiger partial charge in [0, 0.05) is 12.6 Å². The zero-order chi connectivity index (χ0) is 17.5. The molecule has 0 saturated heterocycles. The molecule has 2 rings (SSSR count). The Kier molecular flexibility index (Phi) is 6.73. The lowest BCUT2D eigenvalue weighted by Crippen LogP contribution is -2.25. The molecule has 1 aliphatic carbocycles. The minimum absolute atomic E-state index is 0.277. The van der Waals surface area contributed by atoms with Crippen LogP contribution in [0.5, 0.6) is 17.2 Å². The third-order valence-electron chi connectivity index (χ3n) is 4.45. The quantitative estimate of drug-likeness (QED) is 0.715. The first kappa shape index (κ1) is 18.4. The summed E-state index contributed by atoms with van der Waals surface area (Å²) in [5.41, 5.74) is 0.427. The first-order chi connectivity index (χ1) is 11.6. The standard InChI is InChI=1S/C18H27NO5/c1-19(23-4)18(20)14-10-15(21-2)17(22-3)16(11-14)24-12-13-8-6-5-7-9-13/h10-11,13H,5-9,12H2,1-4H3. The minimum atomic E-state index is -0.277. The van der Waals surface area contributed by atoms with Crippen LogP contribution in [0.15, 0.2) is 12.1 Å². The highest BCUT2D eigenvalue weighted by molar-refractivity contribution is 5.94. The molecule has 0 spiro atoms. The number of carbonyl (C=O) groups is 1. The predicted octanol–water partition coefficient (Wildman–Crippen LogP) is 3.30. The number of rotatable bonds is 7. The average Bonchev–Trinajstić information content (AvgIpc) is 2.64. The monoisotopic (exact) mass is 337 g/mol. The molecule has 6 heteroatoms. The average molecular weight is 337 g/mol. The molecule has 1 aromatic rings. The van der Waals surface area contributed by atoms with E-state index in [1.54, 1.807) is 26.3 Å². The normalized spacial score (nSPS) is 15.0. The topological polar surface area (TPSA) is 57.2 Å². The van der Waals surface area contributed by atoms with Crippen molar-refractivity contribution < 1.29 is 23.8 Å². The van der Waals surface area contributed by atoms with E-state index in [9.17, 15) is 4.79 Å². The van der Waals surface area contributed by atoms with Crippen molar-refractivity contribution in [1.29, 1.82) is 0 Å². The van der Waals surface area contributed by atoms with Crippen LogP contribution >= 0.6 is 0 Å². The van der Waals surface area contributed by atoms with Crippen LogP contribution in [0.3, 0.4) is 0 Å². The molecule has 1 saturated carbocycles. The highest BCUT2D eigenvalue weighted by Gasteiger charge is 2.21. The minimum Gasteiger partial charge on any atom is -0.493 e. The largest absolute Gasteiger partial charge is 0.493 e. The van der Waals surface area contributed by atoms with Crippen molar-refractivity contribution in [2.75, 3.05) is 35.0 Å². The second-order valence-electron chi connectivity index (χ2n) is 6.01. The van der Waals surface area contributed by atoms with E-state index < -0.39 is 0 Å². The first-order valence-corrected chi connectivity index (χ1v) is 8.31. The summed E-state index contributed by atoms with van der Waals surface area (Å²) in [6.45, 7) is 0.622. The number of benzene rings is 1. The Morgan fingerprint density at radius 3 is 2.33 bits per heavy atom. The molecule has 0 bridgehead atoms. The second-order valence-corrected chi connectivity index (χ2v) is 6.01. The Morgan fingerprint density at radius 2 is 1.75 bits per heavy atom. The summed E-state index contributed by atoms with van der Waals surface area (Å²) in [5, 5.41) is 1.16. The second kappa shape index (κ2) is 8.78. The number of nitrogens with zero attached hydrogens (tertiary/aromatic N) is 1. The van der Waals surface area contributed by atoms with Gasteiger partial charge in [0.15, 0.2) is 11.5 Å². The summed E-state index contributed by atoms with van der Waals surface area (Å²) in [6.07, 6.45) is 6.19. The zero-order valence-corrected chi connectivity index (χ0v) is 15.0. The van der Waals surface area contributed by atoms with E-state index in [1.807, 2.05) is 0 Å². The molecule has 0 radical (unpaired) electrons. The number of hydrogen-bond acceptors (Lipinski definition) is 5. The lowest BCUT2D eigenvalue weighted by atomic mass is 9.90. The van der Waals surface area contributed by atoms with Crippen LogP contribution in [0.4, 0.5) is 0 Å². The maximum atomic E-state index is 12.4. The van der Waals surface area contributed by atoms with Crippen molar-refractivity contribution in [2.24, 2.45) is 5.92 Å². The molecular weight excluding hydrogens is 310 g/mol. The Labute approximate surface area is 143 Å². The first-order valence-electron chi connectivity index (χ1n) is 8.31. The van der Waals surface area contributed by atoms with Crippen LogP contribution in [0.2, 0.25) is 0 Å². The fourth-order valence-corrected chi connectivity index (χ4v) is 2.99. The van der Waals surface area contributed by atoms with Crippen LogP contribution in [0.1, 0.15) is 42.5 Å². The van der Waals surface area contributed by atoms with Gasteiger partial charge in [0.1, 0.15) is 0 Å². The van der Waals surface area contributed by atoms with Gasteiger partial charge in [-0.2, -0.15) is 0 Å². The molecule has 134 valence electrons. The van der Waals surface area contributed by atoms with Gasteiger partial charge in [-0.3, -0.25) is 9.63 Å². The van der Waals surface area contributed by atoms with E-state index >= 15 is 0 Å². The molecule has 24 heavy (non-hydrogen) atoms. The van der Waals surface area contributed by atoms with Crippen molar-refractivity contribution in [1.82, 2.24) is 5.06 Å². The summed E-state index contributed by atoms with van der Waals surface area (Å²) in [4.78, 5) is 17.3. The summed E-state index contributed by atoms with van der Waals surface area (Å²) in [6, 6.07) is 3.31. The number of amides is 1. The Balaban J connectivity index is 2.23. The Morgan fingerprint density at radius 1 is 1.08 bits per heavy atom. The van der Waals surface area contributed by atoms with E-state index in [2.05, 4.69) is 0 Å². The molecule has 1 aromatic carbocycles. The number of ether oxygens (including phenoxy) is 3. The Hall–Kier alpha value is -1.95. The summed E-state index contributed by atoms with van der Waals surface area (Å²) in [7, 11) is 6.10. The van der Waals surface area contributed by atoms with E-state index in [0.29, 0.717) is 35.3 Å². The molecule has 6 nitrogen and oxygen atoms in total. The highest BCUT2D eigenvalue weighted by atomic mass is 16.7. The molecule has 0 aliphatic heterocycles. The van der Waals surface area contributed by atoms with Crippen LogP contribution in [0.25, 0.3) is 0 Å². The van der Waals surface area contributed by atoms with E-state index in [4.69, 9.17) is 19.0 Å². The molecule has 1 aliphatic rings. The van der Waals surface area contributed by atoms with Gasteiger partial charge in [0.05, 0.1) is 27.9 Å². The van der Waals surface area contributed by atoms with Crippen LogP contribution in [-0.4, -0.2) is 46.0 Å². The van der Waals surface area contributed by atoms with Crippen LogP contribution < -0.4 is 14.2 Å². The van der Waals surface area contributed by atoms with Gasteiger partial charge in [-0.15, -0.1) is 0 Å². The molecule has 0 atom stereocenters. The lowest BCUT2D eigenvalue weighted by molar-refractivity contribution is -0.0757. The Bertz CT molecular complexity index is 555. The van der Waals surface area contributed by atoms with Gasteiger partial charge in [0.25, 0.3) is 5.91 Å². The van der Waals surface area contributed by atoms with Crippen molar-refractivity contribution >= 4 is 5.91 Å². The molecule has 1 fully saturated rings.